The topological polar surface area (TPSA) is 29.5 Å². The van der Waals surface area contributed by atoms with Gasteiger partial charge in [0.05, 0.1) is 6.10 Å². The van der Waals surface area contributed by atoms with Gasteiger partial charge in [0.15, 0.2) is 0 Å². The highest BCUT2D eigenvalue weighted by Gasteiger charge is 2.27. The highest BCUT2D eigenvalue weighted by molar-refractivity contribution is 6.16. The van der Waals surface area contributed by atoms with Crippen molar-refractivity contribution in [2.45, 2.75) is 6.10 Å². The van der Waals surface area contributed by atoms with E-state index in [9.17, 15) is 0 Å². The molecule has 0 radical (unpaired) electrons. The highest BCUT2D eigenvalue weighted by atomic mass is 16.5. The van der Waals surface area contributed by atoms with Crippen LogP contribution >= 0.6 is 0 Å². The predicted molar refractivity (Wildman–Crippen MR) is 64.2 cm³/mol. The van der Waals surface area contributed by atoms with E-state index in [1.165, 1.54) is 11.1 Å². The van der Waals surface area contributed by atoms with Crippen LogP contribution in [0.4, 0.5) is 0 Å². The molecule has 2 aromatic rings. The summed E-state index contributed by atoms with van der Waals surface area (Å²) in [7, 11) is -0.257. The first-order chi connectivity index (χ1) is 7.92. The third-order valence-corrected chi connectivity index (χ3v) is 3.02. The molecule has 0 saturated heterocycles. The van der Waals surface area contributed by atoms with Crippen LogP contribution in [0.25, 0.3) is 11.1 Å². The van der Waals surface area contributed by atoms with Gasteiger partial charge < -0.3 is 9.68 Å². The van der Waals surface area contributed by atoms with Crippen molar-refractivity contribution in [2.24, 2.45) is 0 Å². The van der Waals surface area contributed by atoms with Crippen LogP contribution in [0.1, 0.15) is 17.2 Å². The van der Waals surface area contributed by atoms with Gasteiger partial charge in [-0.2, -0.15) is 0 Å². The SMILES string of the molecule is OBOC1c2ccccc2-c2ccccc21. The molecule has 2 nitrogen and oxygen atoms in total. The Hall–Kier alpha value is -1.58. The molecule has 0 spiro atoms. The van der Waals surface area contributed by atoms with Gasteiger partial charge in [0.25, 0.3) is 0 Å². The Morgan fingerprint density at radius 3 is 1.88 bits per heavy atom. The summed E-state index contributed by atoms with van der Waals surface area (Å²) in [5.74, 6) is 0. The second kappa shape index (κ2) is 3.78. The van der Waals surface area contributed by atoms with Crippen LogP contribution in [-0.2, 0) is 4.65 Å². The molecule has 78 valence electrons. The molecule has 16 heavy (non-hydrogen) atoms. The predicted octanol–water partition coefficient (Wildman–Crippen LogP) is 2.03. The number of hydrogen-bond acceptors (Lipinski definition) is 2. The lowest BCUT2D eigenvalue weighted by Crippen LogP contribution is -2.05. The normalized spacial score (nSPS) is 13.3. The van der Waals surface area contributed by atoms with E-state index in [1.54, 1.807) is 0 Å². The lowest BCUT2D eigenvalue weighted by Gasteiger charge is -2.12. The summed E-state index contributed by atoms with van der Waals surface area (Å²) in [4.78, 5) is 0. The zero-order valence-corrected chi connectivity index (χ0v) is 8.76. The van der Waals surface area contributed by atoms with Crippen molar-refractivity contribution >= 4 is 7.69 Å². The van der Waals surface area contributed by atoms with Crippen LogP contribution in [-0.4, -0.2) is 12.7 Å². The average molecular weight is 210 g/mol. The van der Waals surface area contributed by atoms with Crippen molar-refractivity contribution in [1.29, 1.82) is 0 Å². The zero-order chi connectivity index (χ0) is 11.0. The first-order valence-electron chi connectivity index (χ1n) is 5.32. The van der Waals surface area contributed by atoms with Crippen molar-refractivity contribution in [1.82, 2.24) is 0 Å². The van der Waals surface area contributed by atoms with Gasteiger partial charge in [-0.25, -0.2) is 0 Å². The van der Waals surface area contributed by atoms with E-state index in [0.29, 0.717) is 0 Å². The minimum atomic E-state index is -0.257. The number of rotatable bonds is 2. The van der Waals surface area contributed by atoms with Crippen LogP contribution in [0.5, 0.6) is 0 Å². The van der Waals surface area contributed by atoms with Crippen molar-refractivity contribution in [3.63, 3.8) is 0 Å². The molecule has 0 aliphatic heterocycles. The fourth-order valence-electron chi connectivity index (χ4n) is 2.36. The van der Waals surface area contributed by atoms with Gasteiger partial charge in [-0.3, -0.25) is 0 Å². The second-order valence-electron chi connectivity index (χ2n) is 3.85. The second-order valence-corrected chi connectivity index (χ2v) is 3.85. The Morgan fingerprint density at radius 1 is 0.875 bits per heavy atom. The molecule has 2 aromatic carbocycles. The van der Waals surface area contributed by atoms with Crippen molar-refractivity contribution in [3.8, 4) is 11.1 Å². The molecule has 0 fully saturated rings. The van der Waals surface area contributed by atoms with E-state index in [2.05, 4.69) is 24.3 Å². The molecule has 1 aliphatic rings. The van der Waals surface area contributed by atoms with E-state index in [1.807, 2.05) is 24.3 Å². The van der Waals surface area contributed by atoms with Crippen LogP contribution < -0.4 is 0 Å². The Labute approximate surface area is 94.8 Å². The molecule has 0 heterocycles. The minimum Gasteiger partial charge on any atom is -0.430 e. The number of hydrogen-bond donors (Lipinski definition) is 1. The molecular weight excluding hydrogens is 199 g/mol. The molecule has 0 aromatic heterocycles. The molecule has 0 atom stereocenters. The van der Waals surface area contributed by atoms with E-state index < -0.39 is 0 Å². The van der Waals surface area contributed by atoms with E-state index in [4.69, 9.17) is 9.68 Å². The van der Waals surface area contributed by atoms with Crippen LogP contribution in [0.3, 0.4) is 0 Å². The first kappa shape index (κ1) is 9.64. The molecule has 0 amide bonds. The summed E-state index contributed by atoms with van der Waals surface area (Å²) in [5.41, 5.74) is 4.68. The van der Waals surface area contributed by atoms with E-state index >= 15 is 0 Å². The highest BCUT2D eigenvalue weighted by Crippen LogP contribution is 2.44. The minimum absolute atomic E-state index is 0.127. The maximum atomic E-state index is 8.96. The number of benzene rings is 2. The molecule has 0 bridgehead atoms. The number of fused-ring (bicyclic) bond motifs is 3. The quantitative estimate of drug-likeness (QED) is 0.768. The molecular formula is C13H11BO2. The molecule has 1 aliphatic carbocycles. The lowest BCUT2D eigenvalue weighted by atomic mass is 10.1. The monoisotopic (exact) mass is 210 g/mol. The van der Waals surface area contributed by atoms with Crippen molar-refractivity contribution in [3.05, 3.63) is 59.7 Å². The zero-order valence-electron chi connectivity index (χ0n) is 8.76. The molecule has 3 heteroatoms. The third kappa shape index (κ3) is 1.29. The van der Waals surface area contributed by atoms with Gasteiger partial charge in [-0.1, -0.05) is 48.5 Å². The molecule has 3 rings (SSSR count). The van der Waals surface area contributed by atoms with Gasteiger partial charge in [0, 0.05) is 0 Å². The Kier molecular flexibility index (Phi) is 2.27. The maximum absolute atomic E-state index is 8.96. The van der Waals surface area contributed by atoms with Crippen LogP contribution in [0, 0.1) is 0 Å². The fourth-order valence-corrected chi connectivity index (χ4v) is 2.36. The van der Waals surface area contributed by atoms with Gasteiger partial charge in [0.2, 0.25) is 0 Å². The average Bonchev–Trinajstić information content (AvgIpc) is 2.66. The van der Waals surface area contributed by atoms with E-state index in [0.717, 1.165) is 11.1 Å². The van der Waals surface area contributed by atoms with Gasteiger partial charge in [0.1, 0.15) is 0 Å². The van der Waals surface area contributed by atoms with Crippen LogP contribution in [0.2, 0.25) is 0 Å². The molecule has 1 N–H and O–H groups in total. The molecule has 0 saturated carbocycles. The standard InChI is InChI=1S/C13H11BO2/c15-14-16-13-11-7-3-1-5-9(11)10-6-2-4-8-12(10)13/h1-8,13-15H. The van der Waals surface area contributed by atoms with Crippen molar-refractivity contribution in [2.75, 3.05) is 0 Å². The fraction of sp³-hybridized carbons (Fsp3) is 0.0769. The maximum Gasteiger partial charge on any atom is 0.436 e. The summed E-state index contributed by atoms with van der Waals surface area (Å²) < 4.78 is 5.41. The smallest absolute Gasteiger partial charge is 0.430 e. The van der Waals surface area contributed by atoms with E-state index in [-0.39, 0.29) is 13.8 Å². The summed E-state index contributed by atoms with van der Waals surface area (Å²) in [6.45, 7) is 0. The van der Waals surface area contributed by atoms with Crippen LogP contribution in [0.15, 0.2) is 48.5 Å². The summed E-state index contributed by atoms with van der Waals surface area (Å²) in [6.07, 6.45) is -0.127. The van der Waals surface area contributed by atoms with Gasteiger partial charge in [-0.05, 0) is 22.3 Å². The Bertz CT molecular complexity index is 479. The third-order valence-electron chi connectivity index (χ3n) is 3.02. The summed E-state index contributed by atoms with van der Waals surface area (Å²) in [5, 5.41) is 8.96. The Balaban J connectivity index is 2.21. The van der Waals surface area contributed by atoms with Gasteiger partial charge >= 0.3 is 7.69 Å². The lowest BCUT2D eigenvalue weighted by molar-refractivity contribution is 0.227. The van der Waals surface area contributed by atoms with Crippen molar-refractivity contribution < 1.29 is 9.68 Å². The summed E-state index contributed by atoms with van der Waals surface area (Å²) >= 11 is 0. The largest absolute Gasteiger partial charge is 0.436 e. The summed E-state index contributed by atoms with van der Waals surface area (Å²) in [6, 6.07) is 16.3. The van der Waals surface area contributed by atoms with Gasteiger partial charge in [-0.15, -0.1) is 0 Å². The first-order valence-corrected chi connectivity index (χ1v) is 5.32. The molecule has 0 unspecified atom stereocenters. The Morgan fingerprint density at radius 2 is 1.38 bits per heavy atom.